The highest BCUT2D eigenvalue weighted by Crippen LogP contribution is 2.48. The normalized spacial score (nSPS) is 24.4. The Morgan fingerprint density at radius 2 is 2.00 bits per heavy atom. The Bertz CT molecular complexity index is 1380. The van der Waals surface area contributed by atoms with Crippen molar-refractivity contribution >= 4 is 22.8 Å². The van der Waals surface area contributed by atoms with Crippen LogP contribution in [0.25, 0.3) is 11.0 Å². The zero-order valence-electron chi connectivity index (χ0n) is 20.3. The van der Waals surface area contributed by atoms with Gasteiger partial charge in [0.15, 0.2) is 0 Å². The van der Waals surface area contributed by atoms with Gasteiger partial charge in [0.2, 0.25) is 0 Å². The van der Waals surface area contributed by atoms with Crippen LogP contribution in [0.2, 0.25) is 0 Å². The van der Waals surface area contributed by atoms with Crippen molar-refractivity contribution in [1.82, 2.24) is 14.5 Å². The molecule has 0 unspecified atom stereocenters. The molecule has 0 radical (unpaired) electrons. The van der Waals surface area contributed by atoms with Crippen LogP contribution in [0.4, 0.5) is 10.5 Å². The van der Waals surface area contributed by atoms with E-state index in [1.165, 1.54) is 0 Å². The van der Waals surface area contributed by atoms with E-state index in [9.17, 15) is 15.3 Å². The van der Waals surface area contributed by atoms with Gasteiger partial charge in [-0.15, -0.1) is 0 Å². The first-order valence-corrected chi connectivity index (χ1v) is 11.9. The second-order valence-electron chi connectivity index (χ2n) is 10.8. The summed E-state index contributed by atoms with van der Waals surface area (Å²) in [6.45, 7) is 7.10. The molecule has 5 rings (SSSR count). The van der Waals surface area contributed by atoms with E-state index in [0.717, 1.165) is 43.3 Å². The molecule has 1 aliphatic heterocycles. The Morgan fingerprint density at radius 1 is 1.17 bits per heavy atom. The first-order chi connectivity index (χ1) is 16.7. The summed E-state index contributed by atoms with van der Waals surface area (Å²) in [5.41, 5.74) is 2.44. The fourth-order valence-corrected chi connectivity index (χ4v) is 5.61. The maximum atomic E-state index is 12.9. The number of carbonyl (C=O) groups excluding carboxylic acids is 1. The number of nitriles is 2. The van der Waals surface area contributed by atoms with E-state index in [-0.39, 0.29) is 11.5 Å². The molecular weight excluding hydrogens is 440 g/mol. The molecule has 1 saturated heterocycles. The molecule has 178 valence electrons. The van der Waals surface area contributed by atoms with Gasteiger partial charge in [0.1, 0.15) is 5.60 Å². The van der Waals surface area contributed by atoms with Crippen molar-refractivity contribution in [3.63, 3.8) is 0 Å². The van der Waals surface area contributed by atoms with E-state index in [1.54, 1.807) is 17.2 Å². The van der Waals surface area contributed by atoms with Gasteiger partial charge >= 0.3 is 6.09 Å². The number of fused-ring (bicyclic) bond motifs is 1. The lowest BCUT2D eigenvalue weighted by atomic mass is 9.68. The number of rotatable bonds is 4. The van der Waals surface area contributed by atoms with Crippen molar-refractivity contribution in [3.8, 4) is 12.1 Å². The van der Waals surface area contributed by atoms with Crippen molar-refractivity contribution in [3.05, 3.63) is 54.1 Å². The first-order valence-electron chi connectivity index (χ1n) is 11.9. The molecule has 1 amide bonds. The SMILES string of the molecule is CC(C)(C#N)c1ccc(N2C[C@@]3(CCC[C@](C)(Cn4cnc5ccc(C#N)cc54)C3)OC2=O)cn1. The number of pyridine rings is 1. The molecule has 1 aromatic carbocycles. The van der Waals surface area contributed by atoms with Crippen LogP contribution in [0.15, 0.2) is 42.9 Å². The standard InChI is InChI=1S/C27H28N6O2/c1-25(2,15-29)23-8-6-20(13-30-23)33-17-27(35-24(33)34)10-4-9-26(3,14-27)16-32-18-31-21-7-5-19(12-28)11-22(21)32/h5-8,11,13,18H,4,9-10,14,16-17H2,1-3H3/t26-,27-/m0/s1. The molecule has 2 aromatic heterocycles. The van der Waals surface area contributed by atoms with Crippen molar-refractivity contribution in [2.45, 2.75) is 64.0 Å². The molecule has 3 aromatic rings. The Kier molecular flexibility index (Phi) is 5.29. The summed E-state index contributed by atoms with van der Waals surface area (Å²) in [5.74, 6) is 0. The average Bonchev–Trinajstić information content (AvgIpc) is 3.38. The predicted octanol–water partition coefficient (Wildman–Crippen LogP) is 5.08. The van der Waals surface area contributed by atoms with E-state index in [4.69, 9.17) is 4.74 Å². The molecule has 1 saturated carbocycles. The van der Waals surface area contributed by atoms with Gasteiger partial charge in [-0.2, -0.15) is 10.5 Å². The van der Waals surface area contributed by atoms with E-state index in [1.807, 2.05) is 44.4 Å². The number of ether oxygens (including phenoxy) is 1. The minimum atomic E-state index is -0.693. The lowest BCUT2D eigenvalue weighted by Crippen LogP contribution is -2.45. The van der Waals surface area contributed by atoms with Gasteiger partial charge in [-0.3, -0.25) is 9.88 Å². The number of hydrogen-bond acceptors (Lipinski definition) is 6. The van der Waals surface area contributed by atoms with Crippen LogP contribution >= 0.6 is 0 Å². The Balaban J connectivity index is 1.36. The van der Waals surface area contributed by atoms with Crippen molar-refractivity contribution < 1.29 is 9.53 Å². The highest BCUT2D eigenvalue weighted by Gasteiger charge is 2.51. The molecule has 1 spiro atoms. The molecule has 8 nitrogen and oxygen atoms in total. The van der Waals surface area contributed by atoms with Gasteiger partial charge in [0, 0.05) is 6.54 Å². The van der Waals surface area contributed by atoms with Crippen LogP contribution in [0.3, 0.4) is 0 Å². The summed E-state index contributed by atoms with van der Waals surface area (Å²) >= 11 is 0. The van der Waals surface area contributed by atoms with Crippen LogP contribution in [0.5, 0.6) is 0 Å². The van der Waals surface area contributed by atoms with Gasteiger partial charge in [-0.25, -0.2) is 9.78 Å². The number of anilines is 1. The summed E-state index contributed by atoms with van der Waals surface area (Å²) < 4.78 is 8.17. The molecule has 1 aliphatic carbocycles. The Morgan fingerprint density at radius 3 is 2.71 bits per heavy atom. The number of carbonyl (C=O) groups is 1. The second kappa shape index (κ2) is 8.09. The summed E-state index contributed by atoms with van der Waals surface area (Å²) in [5, 5.41) is 18.7. The zero-order chi connectivity index (χ0) is 24.8. The van der Waals surface area contributed by atoms with Gasteiger partial charge < -0.3 is 9.30 Å². The number of hydrogen-bond donors (Lipinski definition) is 0. The monoisotopic (exact) mass is 468 g/mol. The van der Waals surface area contributed by atoms with Crippen molar-refractivity contribution in [2.75, 3.05) is 11.4 Å². The number of imidazole rings is 1. The lowest BCUT2D eigenvalue weighted by Gasteiger charge is -2.43. The minimum absolute atomic E-state index is 0.0935. The number of nitrogens with zero attached hydrogens (tertiary/aromatic N) is 6. The molecule has 35 heavy (non-hydrogen) atoms. The molecule has 3 heterocycles. The highest BCUT2D eigenvalue weighted by molar-refractivity contribution is 5.90. The smallest absolute Gasteiger partial charge is 0.415 e. The first kappa shape index (κ1) is 22.9. The number of amides is 1. The van der Waals surface area contributed by atoms with Crippen LogP contribution in [-0.2, 0) is 16.7 Å². The topological polar surface area (TPSA) is 108 Å². The molecule has 0 N–H and O–H groups in total. The molecule has 2 atom stereocenters. The third-order valence-corrected chi connectivity index (χ3v) is 7.41. The third kappa shape index (κ3) is 4.10. The fourth-order valence-electron chi connectivity index (χ4n) is 5.61. The Labute approximate surface area is 204 Å². The number of aromatic nitrogens is 3. The van der Waals surface area contributed by atoms with Gasteiger partial charge in [-0.1, -0.05) is 6.92 Å². The van der Waals surface area contributed by atoms with Gasteiger partial charge in [0.25, 0.3) is 0 Å². The van der Waals surface area contributed by atoms with Gasteiger partial charge in [-0.05, 0) is 75.3 Å². The molecular formula is C27H28N6O2. The maximum Gasteiger partial charge on any atom is 0.415 e. The maximum absolute atomic E-state index is 12.9. The van der Waals surface area contributed by atoms with E-state index >= 15 is 0 Å². The summed E-state index contributed by atoms with van der Waals surface area (Å²) in [4.78, 5) is 23.6. The molecule has 0 bridgehead atoms. The van der Waals surface area contributed by atoms with Crippen LogP contribution in [0.1, 0.15) is 57.7 Å². The van der Waals surface area contributed by atoms with Gasteiger partial charge in [0.05, 0.1) is 64.6 Å². The Hall–Kier alpha value is -3.91. The van der Waals surface area contributed by atoms with E-state index in [0.29, 0.717) is 23.5 Å². The largest absolute Gasteiger partial charge is 0.441 e. The van der Waals surface area contributed by atoms with E-state index < -0.39 is 11.0 Å². The van der Waals surface area contributed by atoms with Crippen molar-refractivity contribution in [2.24, 2.45) is 5.41 Å². The second-order valence-corrected chi connectivity index (χ2v) is 10.8. The zero-order valence-corrected chi connectivity index (χ0v) is 20.3. The predicted molar refractivity (Wildman–Crippen MR) is 130 cm³/mol. The quantitative estimate of drug-likeness (QED) is 0.528. The lowest BCUT2D eigenvalue weighted by molar-refractivity contribution is -0.0264. The summed E-state index contributed by atoms with van der Waals surface area (Å²) in [6.07, 6.45) is 6.68. The molecule has 2 fully saturated rings. The van der Waals surface area contributed by atoms with Crippen LogP contribution in [-0.4, -0.2) is 32.8 Å². The van der Waals surface area contributed by atoms with E-state index in [2.05, 4.69) is 33.6 Å². The minimum Gasteiger partial charge on any atom is -0.441 e. The van der Waals surface area contributed by atoms with Crippen molar-refractivity contribution in [1.29, 1.82) is 10.5 Å². The number of benzene rings is 1. The summed E-state index contributed by atoms with van der Waals surface area (Å²) in [7, 11) is 0. The average molecular weight is 469 g/mol. The third-order valence-electron chi connectivity index (χ3n) is 7.41. The fraction of sp³-hybridized carbons (Fsp3) is 0.444. The highest BCUT2D eigenvalue weighted by atomic mass is 16.6. The van der Waals surface area contributed by atoms with Crippen LogP contribution in [0, 0.1) is 28.1 Å². The summed E-state index contributed by atoms with van der Waals surface area (Å²) in [6, 6.07) is 13.7. The molecule has 2 aliphatic rings. The molecule has 8 heteroatoms. The van der Waals surface area contributed by atoms with Crippen LogP contribution < -0.4 is 4.90 Å².